The van der Waals surface area contributed by atoms with Gasteiger partial charge in [0.05, 0.1) is 12.3 Å². The Morgan fingerprint density at radius 2 is 2.14 bits per heavy atom. The van der Waals surface area contributed by atoms with E-state index in [1.54, 1.807) is 12.3 Å². The summed E-state index contributed by atoms with van der Waals surface area (Å²) in [6.07, 6.45) is 6.73. The first-order valence-electron chi connectivity index (χ1n) is 9.82. The van der Waals surface area contributed by atoms with Gasteiger partial charge in [-0.1, -0.05) is 33.4 Å². The highest BCUT2D eigenvalue weighted by Gasteiger charge is 2.58. The Hall–Kier alpha value is -2.06. The SMILES string of the molecule is C=CCOC(=O)N1C[C@@H](C(C)(C)C)C(O[SiH](C)C)[C@@]1(C)n1ccn2nccc12. The van der Waals surface area contributed by atoms with Gasteiger partial charge in [0.15, 0.2) is 9.04 Å². The Morgan fingerprint density at radius 3 is 2.75 bits per heavy atom. The molecular formula is C20H32N4O3Si. The predicted molar refractivity (Wildman–Crippen MR) is 112 cm³/mol. The van der Waals surface area contributed by atoms with E-state index >= 15 is 0 Å². The van der Waals surface area contributed by atoms with Crippen molar-refractivity contribution in [3.63, 3.8) is 0 Å². The molecule has 1 aliphatic heterocycles. The lowest BCUT2D eigenvalue weighted by Crippen LogP contribution is -2.54. The normalized spacial score (nSPS) is 25.6. The van der Waals surface area contributed by atoms with E-state index in [0.29, 0.717) is 6.54 Å². The molecule has 28 heavy (non-hydrogen) atoms. The first kappa shape index (κ1) is 20.7. The summed E-state index contributed by atoms with van der Waals surface area (Å²) in [6.45, 7) is 17.4. The lowest BCUT2D eigenvalue weighted by Gasteiger charge is -2.42. The molecule has 154 valence electrons. The highest BCUT2D eigenvalue weighted by molar-refractivity contribution is 6.48. The van der Waals surface area contributed by atoms with Crippen LogP contribution in [0.3, 0.4) is 0 Å². The fourth-order valence-electron chi connectivity index (χ4n) is 4.19. The number of likely N-dealkylation sites (tertiary alicyclic amines) is 1. The number of ether oxygens (including phenoxy) is 1. The average molecular weight is 405 g/mol. The third kappa shape index (κ3) is 3.39. The van der Waals surface area contributed by atoms with Crippen LogP contribution in [0.15, 0.2) is 37.3 Å². The molecule has 0 spiro atoms. The van der Waals surface area contributed by atoms with Gasteiger partial charge in [-0.25, -0.2) is 9.31 Å². The largest absolute Gasteiger partial charge is 0.445 e. The van der Waals surface area contributed by atoms with Gasteiger partial charge in [-0.05, 0) is 25.4 Å². The van der Waals surface area contributed by atoms with Crippen molar-refractivity contribution >= 4 is 20.8 Å². The molecule has 1 fully saturated rings. The second-order valence-electron chi connectivity index (χ2n) is 8.95. The van der Waals surface area contributed by atoms with E-state index in [2.05, 4.69) is 57.0 Å². The smallest absolute Gasteiger partial charge is 0.412 e. The van der Waals surface area contributed by atoms with Crippen LogP contribution in [0.2, 0.25) is 13.1 Å². The van der Waals surface area contributed by atoms with Crippen LogP contribution in [0.4, 0.5) is 4.79 Å². The number of rotatable bonds is 5. The van der Waals surface area contributed by atoms with E-state index in [4.69, 9.17) is 9.16 Å². The van der Waals surface area contributed by atoms with Gasteiger partial charge in [0.25, 0.3) is 0 Å². The van der Waals surface area contributed by atoms with Crippen molar-refractivity contribution in [1.29, 1.82) is 0 Å². The Morgan fingerprint density at radius 1 is 1.43 bits per heavy atom. The monoisotopic (exact) mass is 404 g/mol. The van der Waals surface area contributed by atoms with Crippen molar-refractivity contribution in [2.45, 2.75) is 52.6 Å². The summed E-state index contributed by atoms with van der Waals surface area (Å²) in [4.78, 5) is 14.9. The summed E-state index contributed by atoms with van der Waals surface area (Å²) >= 11 is 0. The average Bonchev–Trinajstić information content (AvgIpc) is 3.26. The maximum atomic E-state index is 13.1. The van der Waals surface area contributed by atoms with Gasteiger partial charge in [-0.2, -0.15) is 5.10 Å². The first-order valence-corrected chi connectivity index (χ1v) is 12.6. The number of carbonyl (C=O) groups is 1. The van der Waals surface area contributed by atoms with Crippen molar-refractivity contribution in [2.75, 3.05) is 13.2 Å². The molecule has 8 heteroatoms. The fraction of sp³-hybridized carbons (Fsp3) is 0.600. The van der Waals surface area contributed by atoms with Crippen LogP contribution in [0.1, 0.15) is 27.7 Å². The van der Waals surface area contributed by atoms with E-state index in [-0.39, 0.29) is 30.1 Å². The zero-order valence-electron chi connectivity index (χ0n) is 17.8. The molecule has 1 amide bonds. The van der Waals surface area contributed by atoms with Crippen molar-refractivity contribution in [3.8, 4) is 0 Å². The quantitative estimate of drug-likeness (QED) is 0.565. The molecule has 0 saturated carbocycles. The molecule has 2 aromatic heterocycles. The van der Waals surface area contributed by atoms with Crippen LogP contribution in [-0.4, -0.2) is 53.5 Å². The maximum absolute atomic E-state index is 13.1. The molecule has 0 aromatic carbocycles. The second-order valence-corrected chi connectivity index (χ2v) is 11.3. The number of hydrogen-bond acceptors (Lipinski definition) is 4. The van der Waals surface area contributed by atoms with Gasteiger partial charge in [0.2, 0.25) is 0 Å². The van der Waals surface area contributed by atoms with E-state index in [0.717, 1.165) is 5.65 Å². The zero-order valence-corrected chi connectivity index (χ0v) is 18.9. The van der Waals surface area contributed by atoms with Gasteiger partial charge in [-0.15, -0.1) is 0 Å². The van der Waals surface area contributed by atoms with Crippen molar-refractivity contribution in [3.05, 3.63) is 37.3 Å². The van der Waals surface area contributed by atoms with Crippen molar-refractivity contribution in [1.82, 2.24) is 19.1 Å². The second kappa shape index (κ2) is 7.40. The molecule has 3 rings (SSSR count). The number of carbonyl (C=O) groups excluding carboxylic acids is 1. The van der Waals surface area contributed by atoms with Gasteiger partial charge in [-0.3, -0.25) is 4.90 Å². The molecule has 7 nitrogen and oxygen atoms in total. The zero-order chi connectivity index (χ0) is 20.7. The summed E-state index contributed by atoms with van der Waals surface area (Å²) in [5, 5.41) is 4.33. The minimum atomic E-state index is -1.38. The van der Waals surface area contributed by atoms with Crippen molar-refractivity contribution in [2.24, 2.45) is 11.3 Å². The van der Waals surface area contributed by atoms with Crippen LogP contribution < -0.4 is 0 Å². The lowest BCUT2D eigenvalue weighted by molar-refractivity contribution is -0.0201. The molecule has 1 aliphatic rings. The Balaban J connectivity index is 2.16. The first-order chi connectivity index (χ1) is 13.1. The standard InChI is InChI=1S/C20H32N4O3Si/c1-8-13-26-18(25)23-14-15(19(2,3)4)17(27-28(6)7)20(23,5)22-11-12-24-16(22)9-10-21-24/h8-12,15,17,28H,1,13-14H2,2-7H3/t15-,17?,20+/m1/s1. The highest BCUT2D eigenvalue weighted by Crippen LogP contribution is 2.47. The number of aromatic nitrogens is 3. The van der Waals surface area contributed by atoms with Crippen LogP contribution in [-0.2, 0) is 14.8 Å². The number of imidazole rings is 1. The van der Waals surface area contributed by atoms with Crippen LogP contribution in [0.5, 0.6) is 0 Å². The molecule has 0 aliphatic carbocycles. The molecule has 2 aromatic rings. The van der Waals surface area contributed by atoms with E-state index < -0.39 is 14.7 Å². The third-order valence-corrected chi connectivity index (χ3v) is 6.48. The Labute approximate surface area is 168 Å². The molecule has 3 atom stereocenters. The van der Waals surface area contributed by atoms with Gasteiger partial charge >= 0.3 is 6.09 Å². The highest BCUT2D eigenvalue weighted by atomic mass is 28.3. The molecular weight excluding hydrogens is 372 g/mol. The fourth-order valence-corrected chi connectivity index (χ4v) is 5.23. The van der Waals surface area contributed by atoms with E-state index in [9.17, 15) is 4.79 Å². The summed E-state index contributed by atoms with van der Waals surface area (Å²) in [6, 6.07) is 1.95. The predicted octanol–water partition coefficient (Wildman–Crippen LogP) is 3.48. The van der Waals surface area contributed by atoms with Crippen LogP contribution >= 0.6 is 0 Å². The van der Waals surface area contributed by atoms with Crippen LogP contribution in [0.25, 0.3) is 5.65 Å². The van der Waals surface area contributed by atoms with E-state index in [1.807, 2.05) is 27.9 Å². The molecule has 1 unspecified atom stereocenters. The Bertz CT molecular complexity index is 853. The summed E-state index contributed by atoms with van der Waals surface area (Å²) in [5.74, 6) is 0.161. The maximum Gasteiger partial charge on any atom is 0.412 e. The molecule has 0 radical (unpaired) electrons. The molecule has 0 bridgehead atoms. The van der Waals surface area contributed by atoms with Gasteiger partial charge in [0.1, 0.15) is 17.9 Å². The van der Waals surface area contributed by atoms with Crippen LogP contribution in [0, 0.1) is 11.3 Å². The summed E-state index contributed by atoms with van der Waals surface area (Å²) in [5.41, 5.74) is 0.155. The number of nitrogens with zero attached hydrogens (tertiary/aromatic N) is 4. The minimum absolute atomic E-state index is 0.0354. The van der Waals surface area contributed by atoms with Gasteiger partial charge < -0.3 is 13.7 Å². The molecule has 3 heterocycles. The number of hydrogen-bond donors (Lipinski definition) is 0. The summed E-state index contributed by atoms with van der Waals surface area (Å²) in [7, 11) is -1.38. The number of fused-ring (bicyclic) bond motifs is 1. The minimum Gasteiger partial charge on any atom is -0.445 e. The lowest BCUT2D eigenvalue weighted by atomic mass is 9.77. The van der Waals surface area contributed by atoms with Crippen molar-refractivity contribution < 1.29 is 14.0 Å². The topological polar surface area (TPSA) is 61.0 Å². The molecule has 0 N–H and O–H groups in total. The third-order valence-electron chi connectivity index (χ3n) is 5.65. The van der Waals surface area contributed by atoms with E-state index in [1.165, 1.54) is 0 Å². The molecule has 1 saturated heterocycles. The summed E-state index contributed by atoms with van der Waals surface area (Å²) < 4.78 is 16.0. The Kier molecular flexibility index (Phi) is 5.46. The number of amides is 1. The van der Waals surface area contributed by atoms with Gasteiger partial charge in [0, 0.05) is 30.9 Å².